The average Bonchev–Trinajstić information content (AvgIpc) is 2.28. The highest BCUT2D eigenvalue weighted by atomic mass is 16.6. The van der Waals surface area contributed by atoms with Gasteiger partial charge in [0.05, 0.1) is 0 Å². The third-order valence-corrected chi connectivity index (χ3v) is 3.69. The van der Waals surface area contributed by atoms with Crippen molar-refractivity contribution in [3.63, 3.8) is 0 Å². The second kappa shape index (κ2) is 5.91. The Morgan fingerprint density at radius 3 is 2.28 bits per heavy atom. The molecule has 0 saturated carbocycles. The molecule has 1 heterocycles. The van der Waals surface area contributed by atoms with E-state index in [2.05, 4.69) is 6.92 Å². The van der Waals surface area contributed by atoms with E-state index in [1.165, 1.54) is 0 Å². The van der Waals surface area contributed by atoms with Crippen LogP contribution in [0, 0.1) is 5.41 Å². The molecule has 0 unspecified atom stereocenters. The SMILES string of the molecule is CCCC1(CN)CCN(C(=O)OC(C)(C)C)CC1. The first-order valence-corrected chi connectivity index (χ1v) is 7.00. The topological polar surface area (TPSA) is 55.6 Å². The van der Waals surface area contributed by atoms with E-state index in [0.29, 0.717) is 0 Å². The van der Waals surface area contributed by atoms with Crippen molar-refractivity contribution in [2.45, 2.75) is 59.0 Å². The summed E-state index contributed by atoms with van der Waals surface area (Å²) in [5.41, 5.74) is 5.74. The fourth-order valence-electron chi connectivity index (χ4n) is 2.58. The lowest BCUT2D eigenvalue weighted by molar-refractivity contribution is 0.00983. The number of carbonyl (C=O) groups excluding carboxylic acids is 1. The molecule has 18 heavy (non-hydrogen) atoms. The van der Waals surface area contributed by atoms with E-state index in [0.717, 1.165) is 45.3 Å². The van der Waals surface area contributed by atoms with Crippen LogP contribution in [0.1, 0.15) is 53.4 Å². The van der Waals surface area contributed by atoms with Gasteiger partial charge in [-0.3, -0.25) is 0 Å². The molecule has 2 N–H and O–H groups in total. The molecule has 0 spiro atoms. The maximum absolute atomic E-state index is 11.9. The third-order valence-electron chi connectivity index (χ3n) is 3.69. The highest BCUT2D eigenvalue weighted by Gasteiger charge is 2.35. The smallest absolute Gasteiger partial charge is 0.410 e. The van der Waals surface area contributed by atoms with Gasteiger partial charge in [0.1, 0.15) is 5.60 Å². The quantitative estimate of drug-likeness (QED) is 0.844. The summed E-state index contributed by atoms with van der Waals surface area (Å²) in [6.07, 6.45) is 4.12. The first-order valence-electron chi connectivity index (χ1n) is 7.00. The zero-order valence-electron chi connectivity index (χ0n) is 12.3. The lowest BCUT2D eigenvalue weighted by Crippen LogP contribution is -2.47. The molecule has 0 radical (unpaired) electrons. The van der Waals surface area contributed by atoms with Crippen LogP contribution in [0.4, 0.5) is 4.79 Å². The number of rotatable bonds is 3. The van der Waals surface area contributed by atoms with E-state index >= 15 is 0 Å². The van der Waals surface area contributed by atoms with E-state index in [1.807, 2.05) is 25.7 Å². The van der Waals surface area contributed by atoms with Crippen molar-refractivity contribution in [1.29, 1.82) is 0 Å². The molecule has 1 saturated heterocycles. The third kappa shape index (κ3) is 4.16. The van der Waals surface area contributed by atoms with Crippen molar-refractivity contribution in [1.82, 2.24) is 4.90 Å². The number of hydrogen-bond donors (Lipinski definition) is 1. The molecule has 0 aliphatic carbocycles. The van der Waals surface area contributed by atoms with E-state index in [9.17, 15) is 4.79 Å². The molecule has 0 bridgehead atoms. The van der Waals surface area contributed by atoms with Crippen LogP contribution in [0.5, 0.6) is 0 Å². The Hall–Kier alpha value is -0.770. The van der Waals surface area contributed by atoms with Crippen molar-refractivity contribution >= 4 is 6.09 Å². The lowest BCUT2D eigenvalue weighted by Gasteiger charge is -2.41. The molecule has 4 heteroatoms. The van der Waals surface area contributed by atoms with Gasteiger partial charge in [-0.25, -0.2) is 4.79 Å². The van der Waals surface area contributed by atoms with E-state index in [-0.39, 0.29) is 11.5 Å². The minimum absolute atomic E-state index is 0.190. The summed E-state index contributed by atoms with van der Waals surface area (Å²) >= 11 is 0. The van der Waals surface area contributed by atoms with Gasteiger partial charge in [-0.2, -0.15) is 0 Å². The predicted molar refractivity (Wildman–Crippen MR) is 73.4 cm³/mol. The molecule has 0 aromatic heterocycles. The summed E-state index contributed by atoms with van der Waals surface area (Å²) in [6, 6.07) is 0. The molecule has 106 valence electrons. The predicted octanol–water partition coefficient (Wildman–Crippen LogP) is 2.76. The van der Waals surface area contributed by atoms with Crippen LogP contribution in [0.15, 0.2) is 0 Å². The van der Waals surface area contributed by atoms with E-state index < -0.39 is 5.60 Å². The highest BCUT2D eigenvalue weighted by Crippen LogP contribution is 2.35. The Labute approximate surface area is 111 Å². The first-order chi connectivity index (χ1) is 8.32. The number of hydrogen-bond acceptors (Lipinski definition) is 3. The van der Waals surface area contributed by atoms with Crippen LogP contribution in [0.2, 0.25) is 0 Å². The summed E-state index contributed by atoms with van der Waals surface area (Å²) in [6.45, 7) is 10.2. The summed E-state index contributed by atoms with van der Waals surface area (Å²) < 4.78 is 5.39. The standard InChI is InChI=1S/C14H28N2O2/c1-5-6-14(11-15)7-9-16(10-8-14)12(17)18-13(2,3)4/h5-11,15H2,1-4H3. The van der Waals surface area contributed by atoms with Gasteiger partial charge in [-0.05, 0) is 52.0 Å². The van der Waals surface area contributed by atoms with Crippen LogP contribution < -0.4 is 5.73 Å². The molecule has 1 rings (SSSR count). The average molecular weight is 256 g/mol. The van der Waals surface area contributed by atoms with Crippen molar-refractivity contribution in [2.75, 3.05) is 19.6 Å². The van der Waals surface area contributed by atoms with Gasteiger partial charge in [-0.1, -0.05) is 13.3 Å². The summed E-state index contributed by atoms with van der Waals surface area (Å²) in [5.74, 6) is 0. The second-order valence-electron chi connectivity index (χ2n) is 6.42. The Morgan fingerprint density at radius 1 is 1.33 bits per heavy atom. The van der Waals surface area contributed by atoms with Crippen LogP contribution >= 0.6 is 0 Å². The maximum Gasteiger partial charge on any atom is 0.410 e. The van der Waals surface area contributed by atoms with Gasteiger partial charge < -0.3 is 15.4 Å². The van der Waals surface area contributed by atoms with Crippen molar-refractivity contribution in [2.24, 2.45) is 11.1 Å². The number of piperidine rings is 1. The van der Waals surface area contributed by atoms with Gasteiger partial charge in [0.15, 0.2) is 0 Å². The number of ether oxygens (including phenoxy) is 1. The number of carbonyl (C=O) groups is 1. The van der Waals surface area contributed by atoms with E-state index in [4.69, 9.17) is 10.5 Å². The molecule has 0 aromatic rings. The highest BCUT2D eigenvalue weighted by molar-refractivity contribution is 5.68. The largest absolute Gasteiger partial charge is 0.444 e. The van der Waals surface area contributed by atoms with Gasteiger partial charge in [0.2, 0.25) is 0 Å². The van der Waals surface area contributed by atoms with Crippen molar-refractivity contribution in [3.05, 3.63) is 0 Å². The molecule has 1 amide bonds. The molecule has 1 aliphatic rings. The monoisotopic (exact) mass is 256 g/mol. The fourth-order valence-corrected chi connectivity index (χ4v) is 2.58. The molecule has 0 aromatic carbocycles. The summed E-state index contributed by atoms with van der Waals surface area (Å²) in [5, 5.41) is 0. The molecule has 4 nitrogen and oxygen atoms in total. The second-order valence-corrected chi connectivity index (χ2v) is 6.42. The molecule has 0 atom stereocenters. The fraction of sp³-hybridized carbons (Fsp3) is 0.929. The Bertz CT molecular complexity index is 276. The van der Waals surface area contributed by atoms with Crippen LogP contribution in [-0.2, 0) is 4.74 Å². The van der Waals surface area contributed by atoms with Gasteiger partial charge in [0.25, 0.3) is 0 Å². The number of nitrogens with zero attached hydrogens (tertiary/aromatic N) is 1. The molecule has 1 fully saturated rings. The minimum atomic E-state index is -0.414. The number of nitrogens with two attached hydrogens (primary N) is 1. The summed E-state index contributed by atoms with van der Waals surface area (Å²) in [7, 11) is 0. The first kappa shape index (κ1) is 15.3. The maximum atomic E-state index is 11.9. The van der Waals surface area contributed by atoms with Crippen LogP contribution in [0.25, 0.3) is 0 Å². The lowest BCUT2D eigenvalue weighted by atomic mass is 9.75. The van der Waals surface area contributed by atoms with Crippen molar-refractivity contribution in [3.8, 4) is 0 Å². The molecular weight excluding hydrogens is 228 g/mol. The van der Waals surface area contributed by atoms with Gasteiger partial charge >= 0.3 is 6.09 Å². The Balaban J connectivity index is 2.50. The normalized spacial score (nSPS) is 19.7. The van der Waals surface area contributed by atoms with Crippen LogP contribution in [-0.4, -0.2) is 36.2 Å². The van der Waals surface area contributed by atoms with Gasteiger partial charge in [0, 0.05) is 13.1 Å². The zero-order valence-corrected chi connectivity index (χ0v) is 12.3. The van der Waals surface area contributed by atoms with E-state index in [1.54, 1.807) is 0 Å². The van der Waals surface area contributed by atoms with Gasteiger partial charge in [-0.15, -0.1) is 0 Å². The number of likely N-dealkylation sites (tertiary alicyclic amines) is 1. The zero-order chi connectivity index (χ0) is 13.8. The Morgan fingerprint density at radius 2 is 1.89 bits per heavy atom. The molecule has 1 aliphatic heterocycles. The number of amides is 1. The van der Waals surface area contributed by atoms with Crippen molar-refractivity contribution < 1.29 is 9.53 Å². The molecular formula is C14H28N2O2. The van der Waals surface area contributed by atoms with Crippen LogP contribution in [0.3, 0.4) is 0 Å². The minimum Gasteiger partial charge on any atom is -0.444 e. The Kier molecular flexibility index (Phi) is 5.02. The summed E-state index contributed by atoms with van der Waals surface area (Å²) in [4.78, 5) is 13.8.